The van der Waals surface area contributed by atoms with Crippen LogP contribution in [0.1, 0.15) is 31.7 Å². The van der Waals surface area contributed by atoms with Crippen LogP contribution < -0.4 is 5.32 Å². The summed E-state index contributed by atoms with van der Waals surface area (Å²) in [6.07, 6.45) is 3.45. The number of aromatic nitrogens is 2. The largest absolute Gasteiger partial charge is 0.314 e. The molecule has 0 bridgehead atoms. The topological polar surface area (TPSA) is 37.8 Å². The SMILES string of the molecule is CCCC(Cc1nncs1)NCC. The predicted octanol–water partition coefficient (Wildman–Crippen LogP) is 1.86. The summed E-state index contributed by atoms with van der Waals surface area (Å²) in [5.74, 6) is 0. The number of hydrogen-bond acceptors (Lipinski definition) is 4. The third-order valence-corrected chi connectivity index (χ3v) is 2.68. The van der Waals surface area contributed by atoms with Gasteiger partial charge in [0.1, 0.15) is 10.5 Å². The van der Waals surface area contributed by atoms with Crippen LogP contribution in [0.2, 0.25) is 0 Å². The first-order valence-corrected chi connectivity index (χ1v) is 5.73. The number of nitrogens with one attached hydrogen (secondary N) is 1. The molecule has 0 spiro atoms. The van der Waals surface area contributed by atoms with Gasteiger partial charge in [0.05, 0.1) is 0 Å². The zero-order valence-corrected chi connectivity index (χ0v) is 9.10. The lowest BCUT2D eigenvalue weighted by Gasteiger charge is -2.14. The molecule has 0 aliphatic heterocycles. The molecule has 0 aliphatic rings. The van der Waals surface area contributed by atoms with E-state index in [1.54, 1.807) is 16.8 Å². The highest BCUT2D eigenvalue weighted by atomic mass is 32.1. The highest BCUT2D eigenvalue weighted by molar-refractivity contribution is 7.09. The third kappa shape index (κ3) is 3.83. The smallest absolute Gasteiger partial charge is 0.118 e. The van der Waals surface area contributed by atoms with E-state index in [4.69, 9.17) is 0 Å². The van der Waals surface area contributed by atoms with E-state index in [1.165, 1.54) is 12.8 Å². The average molecular weight is 199 g/mol. The Hall–Kier alpha value is -0.480. The van der Waals surface area contributed by atoms with Crippen LogP contribution in [0.3, 0.4) is 0 Å². The quantitative estimate of drug-likeness (QED) is 0.760. The molecule has 0 saturated heterocycles. The van der Waals surface area contributed by atoms with E-state index in [2.05, 4.69) is 29.4 Å². The third-order valence-electron chi connectivity index (χ3n) is 1.96. The van der Waals surface area contributed by atoms with Crippen LogP contribution in [-0.4, -0.2) is 22.8 Å². The molecule has 4 heteroatoms. The van der Waals surface area contributed by atoms with Gasteiger partial charge >= 0.3 is 0 Å². The van der Waals surface area contributed by atoms with Crippen molar-refractivity contribution in [1.29, 1.82) is 0 Å². The Balaban J connectivity index is 2.37. The van der Waals surface area contributed by atoms with E-state index in [9.17, 15) is 0 Å². The Kier molecular flexibility index (Phi) is 4.93. The molecule has 1 atom stereocenters. The van der Waals surface area contributed by atoms with Gasteiger partial charge in [0.15, 0.2) is 0 Å². The van der Waals surface area contributed by atoms with E-state index in [0.717, 1.165) is 18.0 Å². The summed E-state index contributed by atoms with van der Waals surface area (Å²) in [7, 11) is 0. The van der Waals surface area contributed by atoms with Crippen LogP contribution in [0.15, 0.2) is 5.51 Å². The normalized spacial score (nSPS) is 13.1. The number of hydrogen-bond donors (Lipinski definition) is 1. The van der Waals surface area contributed by atoms with Crippen molar-refractivity contribution >= 4 is 11.3 Å². The maximum atomic E-state index is 4.05. The number of rotatable bonds is 6. The van der Waals surface area contributed by atoms with Crippen molar-refractivity contribution in [1.82, 2.24) is 15.5 Å². The maximum Gasteiger partial charge on any atom is 0.118 e. The minimum Gasteiger partial charge on any atom is -0.314 e. The summed E-state index contributed by atoms with van der Waals surface area (Å²) >= 11 is 1.64. The summed E-state index contributed by atoms with van der Waals surface area (Å²) in [4.78, 5) is 0. The van der Waals surface area contributed by atoms with Crippen LogP contribution in [0.4, 0.5) is 0 Å². The molecule has 0 aliphatic carbocycles. The van der Waals surface area contributed by atoms with E-state index in [0.29, 0.717) is 6.04 Å². The van der Waals surface area contributed by atoms with Crippen LogP contribution in [-0.2, 0) is 6.42 Å². The van der Waals surface area contributed by atoms with Gasteiger partial charge in [-0.2, -0.15) is 0 Å². The molecule has 74 valence electrons. The minimum absolute atomic E-state index is 0.572. The standard InChI is InChI=1S/C9H17N3S/c1-3-5-8(10-4-2)6-9-12-11-7-13-9/h7-8,10H,3-6H2,1-2H3. The molecule has 0 fully saturated rings. The highest BCUT2D eigenvalue weighted by Gasteiger charge is 2.08. The van der Waals surface area contributed by atoms with Gasteiger partial charge in [-0.05, 0) is 13.0 Å². The second kappa shape index (κ2) is 6.05. The summed E-state index contributed by atoms with van der Waals surface area (Å²) in [5.41, 5.74) is 1.80. The first kappa shape index (κ1) is 10.6. The van der Waals surface area contributed by atoms with Gasteiger partial charge in [0, 0.05) is 12.5 Å². The molecule has 1 aromatic heterocycles. The lowest BCUT2D eigenvalue weighted by atomic mass is 10.1. The Morgan fingerprint density at radius 1 is 1.54 bits per heavy atom. The first-order valence-electron chi connectivity index (χ1n) is 4.85. The van der Waals surface area contributed by atoms with Crippen LogP contribution >= 0.6 is 11.3 Å². The van der Waals surface area contributed by atoms with Crippen molar-refractivity contribution < 1.29 is 0 Å². The van der Waals surface area contributed by atoms with Crippen LogP contribution in [0.25, 0.3) is 0 Å². The lowest BCUT2D eigenvalue weighted by molar-refractivity contribution is 0.484. The molecule has 1 rings (SSSR count). The molecular weight excluding hydrogens is 182 g/mol. The van der Waals surface area contributed by atoms with E-state index in [1.807, 2.05) is 0 Å². The molecule has 0 saturated carbocycles. The van der Waals surface area contributed by atoms with Gasteiger partial charge in [0.25, 0.3) is 0 Å². The molecular formula is C9H17N3S. The fraction of sp³-hybridized carbons (Fsp3) is 0.778. The van der Waals surface area contributed by atoms with Crippen LogP contribution in [0.5, 0.6) is 0 Å². The fourth-order valence-corrected chi connectivity index (χ4v) is 2.02. The summed E-state index contributed by atoms with van der Waals surface area (Å²) < 4.78 is 0. The van der Waals surface area contributed by atoms with Crippen molar-refractivity contribution in [3.05, 3.63) is 10.5 Å². The lowest BCUT2D eigenvalue weighted by Crippen LogP contribution is -2.30. The summed E-state index contributed by atoms with van der Waals surface area (Å²) in [5, 5.41) is 12.5. The van der Waals surface area contributed by atoms with Gasteiger partial charge in [0.2, 0.25) is 0 Å². The summed E-state index contributed by atoms with van der Waals surface area (Å²) in [6.45, 7) is 5.39. The molecule has 0 radical (unpaired) electrons. The predicted molar refractivity (Wildman–Crippen MR) is 56.0 cm³/mol. The van der Waals surface area contributed by atoms with Crippen molar-refractivity contribution in [3.63, 3.8) is 0 Å². The van der Waals surface area contributed by atoms with E-state index in [-0.39, 0.29) is 0 Å². The maximum absolute atomic E-state index is 4.05. The molecule has 1 N–H and O–H groups in total. The van der Waals surface area contributed by atoms with Crippen molar-refractivity contribution in [2.45, 2.75) is 39.2 Å². The number of nitrogens with zero attached hydrogens (tertiary/aromatic N) is 2. The molecule has 13 heavy (non-hydrogen) atoms. The van der Waals surface area contributed by atoms with Gasteiger partial charge in [-0.1, -0.05) is 20.3 Å². The van der Waals surface area contributed by atoms with E-state index < -0.39 is 0 Å². The second-order valence-electron chi connectivity index (χ2n) is 3.08. The minimum atomic E-state index is 0.572. The zero-order valence-electron chi connectivity index (χ0n) is 8.29. The van der Waals surface area contributed by atoms with Crippen molar-refractivity contribution in [2.75, 3.05) is 6.54 Å². The molecule has 0 amide bonds. The van der Waals surface area contributed by atoms with Gasteiger partial charge < -0.3 is 5.32 Å². The molecule has 1 unspecified atom stereocenters. The highest BCUT2D eigenvalue weighted by Crippen LogP contribution is 2.08. The van der Waals surface area contributed by atoms with Crippen molar-refractivity contribution in [2.24, 2.45) is 0 Å². The van der Waals surface area contributed by atoms with Gasteiger partial charge in [-0.25, -0.2) is 0 Å². The van der Waals surface area contributed by atoms with Gasteiger partial charge in [-0.3, -0.25) is 0 Å². The zero-order chi connectivity index (χ0) is 9.52. The Morgan fingerprint density at radius 2 is 2.38 bits per heavy atom. The van der Waals surface area contributed by atoms with Crippen LogP contribution in [0, 0.1) is 0 Å². The Bertz CT molecular complexity index is 205. The molecule has 3 nitrogen and oxygen atoms in total. The average Bonchev–Trinajstić information content (AvgIpc) is 2.58. The Morgan fingerprint density at radius 3 is 2.92 bits per heavy atom. The number of likely N-dealkylation sites (N-methyl/N-ethyl adjacent to an activating group) is 1. The Labute approximate surface area is 83.6 Å². The molecule has 0 aromatic carbocycles. The van der Waals surface area contributed by atoms with E-state index >= 15 is 0 Å². The monoisotopic (exact) mass is 199 g/mol. The fourth-order valence-electron chi connectivity index (χ4n) is 1.41. The van der Waals surface area contributed by atoms with Crippen molar-refractivity contribution in [3.8, 4) is 0 Å². The first-order chi connectivity index (χ1) is 6.36. The molecule has 1 aromatic rings. The van der Waals surface area contributed by atoms with Gasteiger partial charge in [-0.15, -0.1) is 21.5 Å². The molecule has 1 heterocycles. The second-order valence-corrected chi connectivity index (χ2v) is 4.00. The summed E-state index contributed by atoms with van der Waals surface area (Å²) in [6, 6.07) is 0.572.